The number of unbranched alkanes of at least 4 members (excludes halogenated alkanes) is 22. The van der Waals surface area contributed by atoms with Gasteiger partial charge in [-0.15, -0.1) is 0 Å². The summed E-state index contributed by atoms with van der Waals surface area (Å²) in [4.78, 5) is 25.5. The zero-order chi connectivity index (χ0) is 56.3. The average molecular weight is 1090 g/mol. The molecule has 0 fully saturated rings. The van der Waals surface area contributed by atoms with Crippen LogP contribution in [0, 0.1) is 0 Å². The van der Waals surface area contributed by atoms with E-state index in [1.165, 1.54) is 103 Å². The first kappa shape index (κ1) is 73.6. The van der Waals surface area contributed by atoms with Crippen LogP contribution >= 0.6 is 7.82 Å². The van der Waals surface area contributed by atoms with Crippen molar-refractivity contribution in [3.63, 3.8) is 0 Å². The maximum Gasteiger partial charge on any atom is 0.268 e. The van der Waals surface area contributed by atoms with E-state index in [1.54, 1.807) is 6.08 Å². The molecule has 0 aromatic carbocycles. The summed E-state index contributed by atoms with van der Waals surface area (Å²) in [6.07, 6.45) is 86.8. The molecule has 0 rings (SSSR count). The number of rotatable bonds is 55. The molecule has 0 saturated carbocycles. The lowest BCUT2D eigenvalue weighted by Gasteiger charge is -2.29. The van der Waals surface area contributed by atoms with E-state index in [4.69, 9.17) is 9.05 Å². The molecule has 0 radical (unpaired) electrons. The Morgan fingerprint density at radius 2 is 0.805 bits per heavy atom. The van der Waals surface area contributed by atoms with Gasteiger partial charge in [-0.25, -0.2) is 0 Å². The van der Waals surface area contributed by atoms with Gasteiger partial charge in [-0.1, -0.05) is 263 Å². The number of nitrogens with one attached hydrogen (secondary N) is 1. The van der Waals surface area contributed by atoms with Crippen LogP contribution in [0.2, 0.25) is 0 Å². The van der Waals surface area contributed by atoms with Crippen LogP contribution in [0.3, 0.4) is 0 Å². The van der Waals surface area contributed by atoms with Crippen molar-refractivity contribution in [1.29, 1.82) is 0 Å². The number of phosphoric acid groups is 1. The molecule has 0 aromatic rings. The van der Waals surface area contributed by atoms with Gasteiger partial charge in [-0.3, -0.25) is 9.36 Å². The van der Waals surface area contributed by atoms with Gasteiger partial charge in [0.15, 0.2) is 0 Å². The van der Waals surface area contributed by atoms with E-state index in [2.05, 4.69) is 141 Å². The van der Waals surface area contributed by atoms with Gasteiger partial charge < -0.3 is 28.8 Å². The molecule has 77 heavy (non-hydrogen) atoms. The third-order valence-electron chi connectivity index (χ3n) is 13.1. The highest BCUT2D eigenvalue weighted by atomic mass is 31.2. The molecule has 0 aliphatic heterocycles. The van der Waals surface area contributed by atoms with Crippen molar-refractivity contribution in [2.45, 2.75) is 251 Å². The molecule has 440 valence electrons. The van der Waals surface area contributed by atoms with Crippen LogP contribution in [0.15, 0.2) is 134 Å². The van der Waals surface area contributed by atoms with Gasteiger partial charge in [0, 0.05) is 6.42 Å². The van der Waals surface area contributed by atoms with Crippen molar-refractivity contribution < 1.29 is 32.9 Å². The number of hydrogen-bond donors (Lipinski definition) is 2. The number of amides is 1. The Morgan fingerprint density at radius 3 is 1.21 bits per heavy atom. The molecule has 9 heteroatoms. The molecular weight excluding hydrogens is 972 g/mol. The van der Waals surface area contributed by atoms with Crippen molar-refractivity contribution in [2.24, 2.45) is 0 Å². The summed E-state index contributed by atoms with van der Waals surface area (Å²) in [6, 6.07) is -0.925. The van der Waals surface area contributed by atoms with Crippen LogP contribution in [-0.4, -0.2) is 68.5 Å². The molecule has 0 saturated heterocycles. The highest BCUT2D eigenvalue weighted by molar-refractivity contribution is 7.45. The minimum atomic E-state index is -4.62. The Labute approximate surface area is 475 Å². The lowest BCUT2D eigenvalue weighted by molar-refractivity contribution is -0.870. The van der Waals surface area contributed by atoms with Crippen LogP contribution < -0.4 is 10.2 Å². The minimum Gasteiger partial charge on any atom is -0.756 e. The summed E-state index contributed by atoms with van der Waals surface area (Å²) in [6.45, 7) is 4.50. The summed E-state index contributed by atoms with van der Waals surface area (Å²) in [5, 5.41) is 13.9. The second-order valence-corrected chi connectivity index (χ2v) is 23.1. The molecule has 8 nitrogen and oxygen atoms in total. The maximum absolute atomic E-state index is 13.0. The molecule has 2 N–H and O–H groups in total. The van der Waals surface area contributed by atoms with Gasteiger partial charge in [0.2, 0.25) is 5.91 Å². The fraction of sp³-hybridized carbons (Fsp3) is 0.662. The molecule has 0 bridgehead atoms. The Kier molecular flexibility index (Phi) is 54.8. The zero-order valence-electron chi connectivity index (χ0n) is 50.1. The Morgan fingerprint density at radius 1 is 0.468 bits per heavy atom. The van der Waals surface area contributed by atoms with Gasteiger partial charge in [0.1, 0.15) is 13.2 Å². The molecule has 3 atom stereocenters. The number of allylic oxidation sites excluding steroid dienone is 21. The molecule has 0 aromatic heterocycles. The molecule has 0 aliphatic rings. The zero-order valence-corrected chi connectivity index (χ0v) is 51.0. The predicted molar refractivity (Wildman–Crippen MR) is 334 cm³/mol. The van der Waals surface area contributed by atoms with Crippen molar-refractivity contribution in [3.05, 3.63) is 134 Å². The molecule has 0 heterocycles. The van der Waals surface area contributed by atoms with Crippen molar-refractivity contribution >= 4 is 13.7 Å². The van der Waals surface area contributed by atoms with Crippen LogP contribution in [-0.2, 0) is 18.4 Å². The summed E-state index contributed by atoms with van der Waals surface area (Å²) in [5.41, 5.74) is 0. The monoisotopic (exact) mass is 1090 g/mol. The third-order valence-corrected chi connectivity index (χ3v) is 14.1. The topological polar surface area (TPSA) is 108 Å². The lowest BCUT2D eigenvalue weighted by atomic mass is 10.0. The first-order valence-electron chi connectivity index (χ1n) is 31.0. The quantitative estimate of drug-likeness (QED) is 0.0272. The smallest absolute Gasteiger partial charge is 0.268 e. The fourth-order valence-corrected chi connectivity index (χ4v) is 9.00. The summed E-state index contributed by atoms with van der Waals surface area (Å²) >= 11 is 0. The Bertz CT molecular complexity index is 1710. The predicted octanol–water partition coefficient (Wildman–Crippen LogP) is 18.9. The van der Waals surface area contributed by atoms with Crippen molar-refractivity contribution in [2.75, 3.05) is 40.9 Å². The molecular formula is C68H117N2O6P. The second kappa shape index (κ2) is 57.3. The number of carbonyl (C=O) groups excluding carboxylic acids is 1. The average Bonchev–Trinajstić information content (AvgIpc) is 3.39. The van der Waals surface area contributed by atoms with Crippen molar-refractivity contribution in [3.8, 4) is 0 Å². The highest BCUT2D eigenvalue weighted by Gasteiger charge is 2.23. The standard InChI is InChI=1S/C68H117N2O6P/c1-6-8-10-12-14-16-18-20-22-24-26-28-30-31-32-33-34-35-36-37-38-39-40-42-44-46-48-50-52-54-56-58-60-62-68(72)69-66(65-76-77(73,74)75-64-63-70(3,4)5)67(71)61-59-57-55-53-51-49-47-45-43-41-29-27-25-23-21-19-17-15-13-11-9-7-2/h8,10,14,16,20,22,26,28,31-32,34-35,37-38,40,42,46,48,51,53,59,61,66-67,71H,6-7,9,11-13,15,17-19,21,23-25,27,29-30,33,36,39,41,43-45,47,49-50,52,54-58,60,62-65H2,1-5H3,(H-,69,72,73,74)/b10-8-,16-14-,22-20-,28-26-,32-31-,35-34-,38-37-,42-40-,48-46-,53-51+,61-59+. The van der Waals surface area contributed by atoms with Gasteiger partial charge in [0.05, 0.1) is 39.9 Å². The maximum atomic E-state index is 13.0. The number of nitrogens with zero attached hydrogens (tertiary/aromatic N) is 1. The van der Waals surface area contributed by atoms with Gasteiger partial charge in [0.25, 0.3) is 7.82 Å². The summed E-state index contributed by atoms with van der Waals surface area (Å²) in [7, 11) is 1.21. The first-order valence-corrected chi connectivity index (χ1v) is 32.5. The number of quaternary nitrogens is 1. The first-order chi connectivity index (χ1) is 37.5. The second-order valence-electron chi connectivity index (χ2n) is 21.7. The SMILES string of the molecule is CC/C=C\C/C=C\C/C=C\C/C=C\C/C=C\C/C=C\C/C=C\C/C=C\C/C=C\CCCCCCCC(=O)NC(COP(=O)([O-])OCC[N+](C)(C)C)C(O)/C=C/CC/C=C/CCCCCCCCCCCCCCCCCC. The minimum absolute atomic E-state index is 0.0177. The third kappa shape index (κ3) is 60.1. The largest absolute Gasteiger partial charge is 0.756 e. The van der Waals surface area contributed by atoms with Crippen LogP contribution in [0.25, 0.3) is 0 Å². The van der Waals surface area contributed by atoms with E-state index in [0.717, 1.165) is 116 Å². The molecule has 3 unspecified atom stereocenters. The number of carbonyl (C=O) groups is 1. The number of phosphoric ester groups is 1. The van der Waals surface area contributed by atoms with Gasteiger partial charge in [-0.2, -0.15) is 0 Å². The van der Waals surface area contributed by atoms with Crippen LogP contribution in [0.1, 0.15) is 239 Å². The summed E-state index contributed by atoms with van der Waals surface area (Å²) < 4.78 is 23.4. The fourth-order valence-electron chi connectivity index (χ4n) is 8.28. The van der Waals surface area contributed by atoms with E-state index in [9.17, 15) is 19.4 Å². The highest BCUT2D eigenvalue weighted by Crippen LogP contribution is 2.38. The lowest BCUT2D eigenvalue weighted by Crippen LogP contribution is -2.45. The summed E-state index contributed by atoms with van der Waals surface area (Å²) in [5.74, 6) is -0.230. The Balaban J connectivity index is 4.30. The van der Waals surface area contributed by atoms with E-state index in [-0.39, 0.29) is 12.5 Å². The number of likely N-dealkylation sites (N-methyl/N-ethyl adjacent to an activating group) is 1. The van der Waals surface area contributed by atoms with Crippen molar-refractivity contribution in [1.82, 2.24) is 5.32 Å². The Hall–Kier alpha value is -3.36. The number of hydrogen-bond acceptors (Lipinski definition) is 6. The normalized spacial score (nSPS) is 14.7. The van der Waals surface area contributed by atoms with E-state index in [1.807, 2.05) is 27.2 Å². The van der Waals surface area contributed by atoms with Crippen LogP contribution in [0.4, 0.5) is 0 Å². The van der Waals surface area contributed by atoms with Gasteiger partial charge in [-0.05, 0) is 103 Å². The van der Waals surface area contributed by atoms with E-state index >= 15 is 0 Å². The van der Waals surface area contributed by atoms with E-state index < -0.39 is 26.6 Å². The molecule has 0 aliphatic carbocycles. The molecule has 0 spiro atoms. The number of aliphatic hydroxyl groups excluding tert-OH is 1. The van der Waals surface area contributed by atoms with E-state index in [0.29, 0.717) is 17.4 Å². The van der Waals surface area contributed by atoms with Crippen LogP contribution in [0.5, 0.6) is 0 Å². The molecule has 1 amide bonds. The van der Waals surface area contributed by atoms with Gasteiger partial charge >= 0.3 is 0 Å². The number of aliphatic hydroxyl groups is 1.